The molecule has 0 atom stereocenters. The Hall–Kier alpha value is -1.88. The van der Waals surface area contributed by atoms with Crippen LogP contribution in [-0.2, 0) is 11.2 Å². The van der Waals surface area contributed by atoms with Gasteiger partial charge in [-0.25, -0.2) is 4.79 Å². The van der Waals surface area contributed by atoms with Gasteiger partial charge in [-0.05, 0) is 36.6 Å². The Labute approximate surface area is 118 Å². The van der Waals surface area contributed by atoms with Crippen LogP contribution in [0.1, 0.15) is 49.5 Å². The first-order valence-electron chi connectivity index (χ1n) is 6.67. The number of aromatic carboxylic acids is 1. The van der Waals surface area contributed by atoms with Crippen LogP contribution in [0.2, 0.25) is 0 Å². The average molecular weight is 279 g/mol. The van der Waals surface area contributed by atoms with Gasteiger partial charge in [0, 0.05) is 19.0 Å². The number of aliphatic hydroxyl groups is 1. The lowest BCUT2D eigenvalue weighted by Gasteiger charge is -2.26. The Kier molecular flexibility index (Phi) is 5.27. The lowest BCUT2D eigenvalue weighted by molar-refractivity contribution is -0.114. The highest BCUT2D eigenvalue weighted by atomic mass is 16.4. The number of nitrogens with one attached hydrogen (secondary N) is 1. The Morgan fingerprint density at radius 3 is 2.30 bits per heavy atom. The topological polar surface area (TPSA) is 86.6 Å². The van der Waals surface area contributed by atoms with Crippen LogP contribution in [0.25, 0.3) is 0 Å². The summed E-state index contributed by atoms with van der Waals surface area (Å²) in [6, 6.07) is 4.50. The second-order valence-corrected chi connectivity index (χ2v) is 4.97. The number of hydrogen-bond donors (Lipinski definition) is 3. The van der Waals surface area contributed by atoms with Gasteiger partial charge in [-0.1, -0.05) is 13.8 Å². The molecule has 0 fully saturated rings. The number of amides is 1. The van der Waals surface area contributed by atoms with Gasteiger partial charge in [0.2, 0.25) is 5.91 Å². The lowest BCUT2D eigenvalue weighted by Crippen LogP contribution is -2.30. The van der Waals surface area contributed by atoms with Gasteiger partial charge in [-0.15, -0.1) is 0 Å². The lowest BCUT2D eigenvalue weighted by atomic mass is 9.88. The summed E-state index contributed by atoms with van der Waals surface area (Å²) in [4.78, 5) is 22.2. The van der Waals surface area contributed by atoms with E-state index in [2.05, 4.69) is 5.32 Å². The Bertz CT molecular complexity index is 507. The monoisotopic (exact) mass is 279 g/mol. The number of carboxylic acids is 1. The number of rotatable bonds is 6. The molecule has 0 spiro atoms. The van der Waals surface area contributed by atoms with Gasteiger partial charge in [0.25, 0.3) is 0 Å². The smallest absolute Gasteiger partial charge is 0.335 e. The number of carboxylic acid groups (broad SMARTS) is 1. The SMILES string of the molecule is CCC(O)(CC)Cc1cc(C(=O)O)ccc1NC(C)=O. The van der Waals surface area contributed by atoms with Crippen molar-refractivity contribution in [2.45, 2.75) is 45.6 Å². The highest BCUT2D eigenvalue weighted by Crippen LogP contribution is 2.27. The van der Waals surface area contributed by atoms with E-state index in [1.165, 1.54) is 19.1 Å². The van der Waals surface area contributed by atoms with Gasteiger partial charge in [-0.2, -0.15) is 0 Å². The molecule has 0 aliphatic heterocycles. The van der Waals surface area contributed by atoms with E-state index in [0.29, 0.717) is 30.5 Å². The molecule has 3 N–H and O–H groups in total. The Balaban J connectivity index is 3.20. The zero-order chi connectivity index (χ0) is 15.3. The maximum atomic E-state index is 11.2. The molecule has 1 amide bonds. The third-order valence-corrected chi connectivity index (χ3v) is 3.50. The van der Waals surface area contributed by atoms with Crippen molar-refractivity contribution in [2.24, 2.45) is 0 Å². The molecule has 0 saturated heterocycles. The average Bonchev–Trinajstić information content (AvgIpc) is 2.39. The molecule has 1 aromatic carbocycles. The van der Waals surface area contributed by atoms with Crippen molar-refractivity contribution in [2.75, 3.05) is 5.32 Å². The van der Waals surface area contributed by atoms with E-state index in [9.17, 15) is 14.7 Å². The molecule has 1 rings (SSSR count). The van der Waals surface area contributed by atoms with Crippen molar-refractivity contribution in [3.05, 3.63) is 29.3 Å². The van der Waals surface area contributed by atoms with Gasteiger partial charge in [0.05, 0.1) is 11.2 Å². The fourth-order valence-electron chi connectivity index (χ4n) is 2.04. The molecule has 0 bridgehead atoms. The van der Waals surface area contributed by atoms with Crippen LogP contribution in [0.4, 0.5) is 5.69 Å². The minimum atomic E-state index is -1.03. The maximum Gasteiger partial charge on any atom is 0.335 e. The molecule has 0 unspecified atom stereocenters. The molecule has 0 aliphatic carbocycles. The van der Waals surface area contributed by atoms with E-state index in [-0.39, 0.29) is 11.5 Å². The fourth-order valence-corrected chi connectivity index (χ4v) is 2.04. The summed E-state index contributed by atoms with van der Waals surface area (Å²) < 4.78 is 0. The van der Waals surface area contributed by atoms with Gasteiger partial charge >= 0.3 is 5.97 Å². The summed E-state index contributed by atoms with van der Waals surface area (Å²) in [6.07, 6.45) is 1.41. The van der Waals surface area contributed by atoms with Crippen LogP contribution in [0.3, 0.4) is 0 Å². The van der Waals surface area contributed by atoms with Crippen LogP contribution in [0, 0.1) is 0 Å². The molecule has 0 radical (unpaired) electrons. The van der Waals surface area contributed by atoms with Gasteiger partial charge < -0.3 is 15.5 Å². The van der Waals surface area contributed by atoms with E-state index in [1.54, 1.807) is 6.07 Å². The van der Waals surface area contributed by atoms with Crippen molar-refractivity contribution in [3.8, 4) is 0 Å². The van der Waals surface area contributed by atoms with E-state index >= 15 is 0 Å². The molecule has 5 heteroatoms. The van der Waals surface area contributed by atoms with E-state index in [0.717, 1.165) is 0 Å². The molecular weight excluding hydrogens is 258 g/mol. The summed E-state index contributed by atoms with van der Waals surface area (Å²) in [5.74, 6) is -1.26. The van der Waals surface area contributed by atoms with Gasteiger partial charge in [0.1, 0.15) is 0 Å². The van der Waals surface area contributed by atoms with E-state index in [1.807, 2.05) is 13.8 Å². The zero-order valence-corrected chi connectivity index (χ0v) is 12.1. The highest BCUT2D eigenvalue weighted by molar-refractivity contribution is 5.92. The zero-order valence-electron chi connectivity index (χ0n) is 12.1. The number of benzene rings is 1. The summed E-state index contributed by atoms with van der Waals surface area (Å²) in [6.45, 7) is 5.14. The second-order valence-electron chi connectivity index (χ2n) is 4.97. The predicted octanol–water partition coefficient (Wildman–Crippen LogP) is 2.44. The summed E-state index contributed by atoms with van der Waals surface area (Å²) in [5, 5.41) is 22.1. The second kappa shape index (κ2) is 6.52. The molecule has 0 heterocycles. The predicted molar refractivity (Wildman–Crippen MR) is 76.9 cm³/mol. The molecule has 20 heavy (non-hydrogen) atoms. The van der Waals surface area contributed by atoms with Gasteiger partial charge in [-0.3, -0.25) is 4.79 Å². The quantitative estimate of drug-likeness (QED) is 0.746. The largest absolute Gasteiger partial charge is 0.478 e. The number of hydrogen-bond acceptors (Lipinski definition) is 3. The third-order valence-electron chi connectivity index (χ3n) is 3.50. The first kappa shape index (κ1) is 16.2. The minimum Gasteiger partial charge on any atom is -0.478 e. The first-order valence-corrected chi connectivity index (χ1v) is 6.67. The first-order chi connectivity index (χ1) is 9.31. The normalized spacial score (nSPS) is 11.2. The number of carbonyl (C=O) groups is 2. The Morgan fingerprint density at radius 1 is 1.25 bits per heavy atom. The van der Waals surface area contributed by atoms with Crippen LogP contribution < -0.4 is 5.32 Å². The maximum absolute atomic E-state index is 11.2. The van der Waals surface area contributed by atoms with Crippen LogP contribution in [0.15, 0.2) is 18.2 Å². The van der Waals surface area contributed by atoms with E-state index in [4.69, 9.17) is 5.11 Å². The van der Waals surface area contributed by atoms with Crippen molar-refractivity contribution < 1.29 is 19.8 Å². The highest BCUT2D eigenvalue weighted by Gasteiger charge is 2.24. The van der Waals surface area contributed by atoms with Crippen molar-refractivity contribution >= 4 is 17.6 Å². The van der Waals surface area contributed by atoms with Crippen LogP contribution in [-0.4, -0.2) is 27.7 Å². The molecule has 110 valence electrons. The van der Waals surface area contributed by atoms with Crippen molar-refractivity contribution in [1.29, 1.82) is 0 Å². The number of carbonyl (C=O) groups excluding carboxylic acids is 1. The van der Waals surface area contributed by atoms with Crippen molar-refractivity contribution in [3.63, 3.8) is 0 Å². The van der Waals surface area contributed by atoms with Crippen LogP contribution >= 0.6 is 0 Å². The molecule has 0 aliphatic rings. The molecular formula is C15H21NO4. The minimum absolute atomic E-state index is 0.142. The fraction of sp³-hybridized carbons (Fsp3) is 0.467. The summed E-state index contributed by atoms with van der Waals surface area (Å²) in [5.41, 5.74) is 0.419. The molecule has 0 saturated carbocycles. The molecule has 0 aromatic heterocycles. The molecule has 5 nitrogen and oxygen atoms in total. The van der Waals surface area contributed by atoms with Crippen molar-refractivity contribution in [1.82, 2.24) is 0 Å². The van der Waals surface area contributed by atoms with Gasteiger partial charge in [0.15, 0.2) is 0 Å². The van der Waals surface area contributed by atoms with Crippen LogP contribution in [0.5, 0.6) is 0 Å². The third kappa shape index (κ3) is 4.06. The van der Waals surface area contributed by atoms with E-state index < -0.39 is 11.6 Å². The summed E-state index contributed by atoms with van der Waals surface area (Å²) >= 11 is 0. The number of anilines is 1. The molecule has 1 aromatic rings. The summed E-state index contributed by atoms with van der Waals surface area (Å²) in [7, 11) is 0. The standard InChI is InChI=1S/C15H21NO4/c1-4-15(20,5-2)9-12-8-11(14(18)19)6-7-13(12)16-10(3)17/h6-8,20H,4-5,9H2,1-3H3,(H,16,17)(H,18,19). The Morgan fingerprint density at radius 2 is 1.85 bits per heavy atom.